The van der Waals surface area contributed by atoms with E-state index in [4.69, 9.17) is 72.2 Å². The minimum atomic E-state index is -0.961. The quantitative estimate of drug-likeness (QED) is 0.0210. The number of hydrogen-bond acceptors (Lipinski definition) is 21. The molecule has 0 bridgehead atoms. The zero-order chi connectivity index (χ0) is 80.6. The van der Waals surface area contributed by atoms with Gasteiger partial charge in [0.2, 0.25) is 0 Å². The predicted octanol–water partition coefficient (Wildman–Crippen LogP) is 13.7. The molecule has 20 atom stereocenters. The molecule has 6 aliphatic carbocycles. The molecule has 0 radical (unpaired) electrons. The highest BCUT2D eigenvalue weighted by molar-refractivity contribution is 5.72. The van der Waals surface area contributed by atoms with Gasteiger partial charge in [-0.3, -0.25) is 0 Å². The normalized spacial score (nSPS) is 29.7. The van der Waals surface area contributed by atoms with Gasteiger partial charge >= 0.3 is 17.9 Å². The molecule has 11 aliphatic rings. The smallest absolute Gasteiger partial charge is 0.344 e. The number of aliphatic hydroxyl groups excluding tert-OH is 6. The molecule has 8 fully saturated rings. The van der Waals surface area contributed by atoms with Crippen LogP contribution in [0, 0.1) is 53.3 Å². The number of aliphatic hydroxyl groups is 6. The second kappa shape index (κ2) is 48.9. The number of carboxylic acids is 1. The Morgan fingerprint density at radius 2 is 0.825 bits per heavy atom. The van der Waals surface area contributed by atoms with E-state index in [1.54, 1.807) is 0 Å². The van der Waals surface area contributed by atoms with Gasteiger partial charge in [-0.2, -0.15) is 0 Å². The van der Waals surface area contributed by atoms with Crippen molar-refractivity contribution in [1.82, 2.24) is 0 Å². The lowest BCUT2D eigenvalue weighted by atomic mass is 9.73. The van der Waals surface area contributed by atoms with Crippen LogP contribution in [0.25, 0.3) is 0 Å². The summed E-state index contributed by atoms with van der Waals surface area (Å²) in [6.07, 6.45) is 34.7. The Hall–Kier alpha value is -5.05. The van der Waals surface area contributed by atoms with Crippen LogP contribution in [-0.2, 0) is 95.5 Å². The van der Waals surface area contributed by atoms with Crippen molar-refractivity contribution in [1.29, 1.82) is 0 Å². The number of fused-ring (bicyclic) bond motifs is 6. The van der Waals surface area contributed by atoms with Gasteiger partial charge in [0.05, 0.1) is 75.8 Å². The topological polar surface area (TPSA) is 304 Å². The zero-order valence-corrected chi connectivity index (χ0v) is 69.2. The Labute approximate surface area is 679 Å². The molecule has 5 unspecified atom stereocenters. The van der Waals surface area contributed by atoms with E-state index in [1.165, 1.54) is 92.0 Å². The van der Waals surface area contributed by atoms with E-state index in [9.17, 15) is 34.8 Å². The number of esters is 2. The minimum absolute atomic E-state index is 0.0598. The molecule has 5 saturated heterocycles. The fraction of sp³-hybridized carbons (Fsp3) is 0.772. The van der Waals surface area contributed by atoms with Gasteiger partial charge in [-0.15, -0.1) is 0 Å². The number of benzene rings is 3. The highest BCUT2D eigenvalue weighted by Crippen LogP contribution is 2.52. The maximum atomic E-state index is 12.3. The molecule has 14 rings (SSSR count). The summed E-state index contributed by atoms with van der Waals surface area (Å²) in [6.45, 7) is 11.2. The van der Waals surface area contributed by atoms with Gasteiger partial charge < -0.3 is 92.6 Å². The number of carbonyl (C=O) groups is 3. The van der Waals surface area contributed by atoms with Gasteiger partial charge in [0, 0.05) is 39.8 Å². The van der Waals surface area contributed by atoms with E-state index in [-0.39, 0.29) is 111 Å². The van der Waals surface area contributed by atoms with Crippen LogP contribution in [0.15, 0.2) is 54.6 Å². The van der Waals surface area contributed by atoms with Crippen molar-refractivity contribution >= 4 is 17.9 Å². The Kier molecular flexibility index (Phi) is 39.1. The summed E-state index contributed by atoms with van der Waals surface area (Å²) in [6, 6.07) is 18.2. The van der Waals surface area contributed by atoms with E-state index in [0.29, 0.717) is 80.2 Å². The van der Waals surface area contributed by atoms with Crippen molar-refractivity contribution in [3.8, 4) is 17.2 Å². The SMILES string of the molecule is CCCCC[C@@H](CC[C@@H]1[C@H]2Cc3cccc(OCC(=O)O)c3C[C@H]2C[C@H]1O)OC1CCCCO1.CCCCC[C@@H](CC[C@@H]1[C@H]2Cc3cccc(OCC(=O)OC4CCOC4)c3C[C@H]2C[C@H]1O)OC1CCCCO1.CCCCC[C@H](O)CC[C@@H]1[C@H]2Cc3cccc(OCC(=O)OC4CCOC4)c3C[C@H]2C[C@H]1O.CO.OC1CCOC1. The number of unbranched alkanes of at least 4 members (excludes halogenated alkanes) is 6. The molecule has 22 heteroatoms. The second-order valence-electron chi connectivity index (χ2n) is 34.3. The molecule has 114 heavy (non-hydrogen) atoms. The fourth-order valence-electron chi connectivity index (χ4n) is 20.2. The third kappa shape index (κ3) is 28.0. The first-order valence-corrected chi connectivity index (χ1v) is 44.5. The molecular weight excluding hydrogens is 1460 g/mol. The molecule has 3 aromatic rings. The number of carbonyl (C=O) groups excluding carboxylic acids is 2. The molecule has 5 aliphatic heterocycles. The van der Waals surface area contributed by atoms with Gasteiger partial charge in [-0.1, -0.05) is 115 Å². The Balaban J connectivity index is 0.000000173. The molecule has 22 nitrogen and oxygen atoms in total. The first kappa shape index (κ1) is 91.3. The van der Waals surface area contributed by atoms with Crippen molar-refractivity contribution in [2.24, 2.45) is 53.3 Å². The van der Waals surface area contributed by atoms with Crippen LogP contribution in [0.5, 0.6) is 17.2 Å². The van der Waals surface area contributed by atoms with Crippen molar-refractivity contribution in [3.05, 3.63) is 88.0 Å². The lowest BCUT2D eigenvalue weighted by Gasteiger charge is -2.33. The highest BCUT2D eigenvalue weighted by Gasteiger charge is 2.48. The first-order valence-electron chi connectivity index (χ1n) is 44.5. The Morgan fingerprint density at radius 3 is 1.17 bits per heavy atom. The van der Waals surface area contributed by atoms with Crippen molar-refractivity contribution in [2.45, 2.75) is 319 Å². The van der Waals surface area contributed by atoms with E-state index >= 15 is 0 Å². The Bertz CT molecular complexity index is 3250. The summed E-state index contributed by atoms with van der Waals surface area (Å²) in [5.41, 5.74) is 7.29. The zero-order valence-electron chi connectivity index (χ0n) is 69.2. The van der Waals surface area contributed by atoms with Crippen LogP contribution in [0.4, 0.5) is 0 Å². The standard InChI is InChI=1S/C32H48O7.C28H42O6.C27H40O6.C4H8O2.CH4O/c1-2-3-4-9-24(39-32-11-5-6-15-36-32)12-13-26-27-17-22-8-7-10-30(28(22)18-23(27)19-29(26)33)37-21-31(34)38-25-14-16-35-20-25;1-2-3-4-9-21(34-28-11-5-6-14-32-28)12-13-22-23-15-19-8-7-10-26(33-18-27(30)31)24(19)16-20(23)17-25(22)29;1-2-3-4-7-20(28)9-10-22-23-13-18-6-5-8-26(24(18)14-19(23)15-25(22)29)32-17-27(30)33-21-11-12-31-16-21;5-4-1-2-6-3-4;1-2/h7-8,10,23-27,29,32-33H,2-6,9,11-21H2,1H3;7-8,10,20-23,25,28-29H,2-6,9,11-18H2,1H3,(H,30,31);5-6,8,19-23,25,28-29H,2-4,7,9-17H2,1H3;4-5H,1-3H2;2H,1H3/t23-,24-,25?,26+,27-,29+,32?;20-,21-,22+,23-,25+,28?;19-,20-,21?,22+,23-,25+;;/m000../s1. The summed E-state index contributed by atoms with van der Waals surface area (Å²) in [5, 5.41) is 68.0. The molecule has 5 heterocycles. The van der Waals surface area contributed by atoms with E-state index in [2.05, 4.69) is 39.0 Å². The maximum absolute atomic E-state index is 12.3. The van der Waals surface area contributed by atoms with Crippen LogP contribution in [0.3, 0.4) is 0 Å². The monoisotopic (exact) mass is 1600 g/mol. The summed E-state index contributed by atoms with van der Waals surface area (Å²) in [4.78, 5) is 35.4. The third-order valence-electron chi connectivity index (χ3n) is 26.2. The van der Waals surface area contributed by atoms with Crippen LogP contribution in [0.1, 0.15) is 247 Å². The average Bonchev–Trinajstić information content (AvgIpc) is 1.60. The number of hydrogen-bond donors (Lipinski definition) is 7. The molecule has 0 amide bonds. The van der Waals surface area contributed by atoms with Crippen molar-refractivity contribution < 1.29 is 107 Å². The van der Waals surface area contributed by atoms with Crippen molar-refractivity contribution in [3.63, 3.8) is 0 Å². The van der Waals surface area contributed by atoms with Gasteiger partial charge in [-0.05, 0) is 265 Å². The van der Waals surface area contributed by atoms with Gasteiger partial charge in [0.25, 0.3) is 0 Å². The lowest BCUT2D eigenvalue weighted by molar-refractivity contribution is -0.191. The molecule has 3 saturated carbocycles. The summed E-state index contributed by atoms with van der Waals surface area (Å²) >= 11 is 0. The average molecular weight is 1600 g/mol. The molecule has 3 aromatic carbocycles. The molecule has 0 aromatic heterocycles. The molecule has 0 spiro atoms. The van der Waals surface area contributed by atoms with E-state index < -0.39 is 5.97 Å². The van der Waals surface area contributed by atoms with Crippen LogP contribution in [0.2, 0.25) is 0 Å². The number of ether oxygens (including phenoxy) is 12. The minimum Gasteiger partial charge on any atom is -0.482 e. The van der Waals surface area contributed by atoms with E-state index in [0.717, 1.165) is 211 Å². The Morgan fingerprint density at radius 1 is 0.439 bits per heavy atom. The van der Waals surface area contributed by atoms with Gasteiger partial charge in [-0.25, -0.2) is 14.4 Å². The van der Waals surface area contributed by atoms with E-state index in [1.807, 2.05) is 36.4 Å². The highest BCUT2D eigenvalue weighted by atomic mass is 16.7. The van der Waals surface area contributed by atoms with Crippen LogP contribution >= 0.6 is 0 Å². The molecular formula is C92H142O22. The third-order valence-corrected chi connectivity index (χ3v) is 26.2. The number of rotatable bonds is 36. The summed E-state index contributed by atoms with van der Waals surface area (Å²) in [7, 11) is 1.00. The largest absolute Gasteiger partial charge is 0.482 e. The summed E-state index contributed by atoms with van der Waals surface area (Å²) in [5.74, 6) is 4.03. The predicted molar refractivity (Wildman–Crippen MR) is 432 cm³/mol. The lowest BCUT2D eigenvalue weighted by Crippen LogP contribution is -2.31. The number of aliphatic carboxylic acids is 1. The van der Waals surface area contributed by atoms with Gasteiger partial charge in [0.1, 0.15) is 29.5 Å². The summed E-state index contributed by atoms with van der Waals surface area (Å²) < 4.78 is 68.3. The number of carboxylic acid groups (broad SMARTS) is 1. The molecule has 7 N–H and O–H groups in total. The maximum Gasteiger partial charge on any atom is 0.344 e. The van der Waals surface area contributed by atoms with Crippen LogP contribution in [-0.4, -0.2) is 201 Å². The fourth-order valence-corrected chi connectivity index (χ4v) is 20.2. The van der Waals surface area contributed by atoms with Gasteiger partial charge in [0.15, 0.2) is 32.4 Å². The second-order valence-corrected chi connectivity index (χ2v) is 34.3. The van der Waals surface area contributed by atoms with Crippen LogP contribution < -0.4 is 14.2 Å². The first-order chi connectivity index (χ1) is 55.6. The van der Waals surface area contributed by atoms with Crippen molar-refractivity contribution in [2.75, 3.05) is 79.8 Å². The molecule has 642 valence electrons.